The van der Waals surface area contributed by atoms with Crippen molar-refractivity contribution < 1.29 is 18.3 Å². The average Bonchev–Trinajstić information content (AvgIpc) is 2.35. The highest BCUT2D eigenvalue weighted by molar-refractivity contribution is 7.89. The van der Waals surface area contributed by atoms with Gasteiger partial charge in [0, 0.05) is 17.1 Å². The molecule has 0 saturated carbocycles. The minimum atomic E-state index is -3.72. The Morgan fingerprint density at radius 3 is 2.53 bits per heavy atom. The Hall–Kier alpha value is -0.820. The molecular weight excluding hydrogens is 290 g/mol. The second kappa shape index (κ2) is 6.56. The predicted molar refractivity (Wildman–Crippen MR) is 74.0 cm³/mol. The first-order chi connectivity index (χ1) is 8.81. The normalized spacial score (nSPS) is 11.9. The van der Waals surface area contributed by atoms with E-state index in [-0.39, 0.29) is 28.2 Å². The zero-order chi connectivity index (χ0) is 14.6. The Labute approximate surface area is 118 Å². The number of benzene rings is 1. The summed E-state index contributed by atoms with van der Waals surface area (Å²) >= 11 is 5.87. The van der Waals surface area contributed by atoms with Crippen molar-refractivity contribution in [2.75, 3.05) is 13.7 Å². The molecule has 0 aliphatic carbocycles. The second-order valence-electron chi connectivity index (χ2n) is 4.50. The standard InChI is InChI=1S/C12H18ClNO4S/c1-8(2)6-14-19(16,17)11-5-10(13)4-9(7-15)12(11)18-3/h4-5,8,14-15H,6-7H2,1-3H3. The molecule has 0 saturated heterocycles. The van der Waals surface area contributed by atoms with Gasteiger partial charge < -0.3 is 9.84 Å². The molecule has 0 spiro atoms. The maximum atomic E-state index is 12.2. The first-order valence-corrected chi connectivity index (χ1v) is 7.65. The van der Waals surface area contributed by atoms with Crippen LogP contribution in [0.15, 0.2) is 17.0 Å². The highest BCUT2D eigenvalue weighted by Gasteiger charge is 2.22. The lowest BCUT2D eigenvalue weighted by molar-refractivity contribution is 0.272. The van der Waals surface area contributed by atoms with Crippen molar-refractivity contribution >= 4 is 21.6 Å². The highest BCUT2D eigenvalue weighted by atomic mass is 35.5. The number of rotatable bonds is 6. The van der Waals surface area contributed by atoms with E-state index in [9.17, 15) is 13.5 Å². The molecule has 0 fully saturated rings. The summed E-state index contributed by atoms with van der Waals surface area (Å²) in [5, 5.41) is 9.46. The molecule has 19 heavy (non-hydrogen) atoms. The summed E-state index contributed by atoms with van der Waals surface area (Å²) in [7, 11) is -2.37. The van der Waals surface area contributed by atoms with Crippen molar-refractivity contribution in [3.63, 3.8) is 0 Å². The number of aliphatic hydroxyl groups excluding tert-OH is 1. The van der Waals surface area contributed by atoms with Crippen LogP contribution in [0.5, 0.6) is 5.75 Å². The highest BCUT2D eigenvalue weighted by Crippen LogP contribution is 2.31. The molecule has 5 nitrogen and oxygen atoms in total. The number of hydrogen-bond acceptors (Lipinski definition) is 4. The van der Waals surface area contributed by atoms with Gasteiger partial charge in [-0.3, -0.25) is 0 Å². The number of nitrogens with one attached hydrogen (secondary N) is 1. The Morgan fingerprint density at radius 1 is 1.42 bits per heavy atom. The summed E-state index contributed by atoms with van der Waals surface area (Å²) in [6.45, 7) is 3.76. The molecule has 0 amide bonds. The molecule has 0 bridgehead atoms. The average molecular weight is 308 g/mol. The van der Waals surface area contributed by atoms with Crippen LogP contribution < -0.4 is 9.46 Å². The maximum Gasteiger partial charge on any atom is 0.244 e. The first-order valence-electron chi connectivity index (χ1n) is 5.78. The third-order valence-corrected chi connectivity index (χ3v) is 4.09. The fourth-order valence-corrected chi connectivity index (χ4v) is 3.28. The number of hydrogen-bond donors (Lipinski definition) is 2. The van der Waals surface area contributed by atoms with Gasteiger partial charge in [-0.05, 0) is 18.1 Å². The molecule has 0 unspecified atom stereocenters. The summed E-state index contributed by atoms with van der Waals surface area (Å²) in [5.41, 5.74) is 0.333. The van der Waals surface area contributed by atoms with Crippen LogP contribution >= 0.6 is 11.6 Å². The fourth-order valence-electron chi connectivity index (χ4n) is 1.53. The molecule has 1 aromatic rings. The zero-order valence-electron chi connectivity index (χ0n) is 11.1. The molecule has 2 N–H and O–H groups in total. The van der Waals surface area contributed by atoms with E-state index in [1.165, 1.54) is 19.2 Å². The minimum absolute atomic E-state index is 0.0628. The van der Waals surface area contributed by atoms with E-state index < -0.39 is 10.0 Å². The maximum absolute atomic E-state index is 12.2. The van der Waals surface area contributed by atoms with Gasteiger partial charge >= 0.3 is 0 Å². The smallest absolute Gasteiger partial charge is 0.244 e. The van der Waals surface area contributed by atoms with Gasteiger partial charge in [0.15, 0.2) is 0 Å². The molecule has 0 aliphatic heterocycles. The van der Waals surface area contributed by atoms with Crippen LogP contribution in [0.2, 0.25) is 5.02 Å². The van der Waals surface area contributed by atoms with Crippen molar-refractivity contribution in [1.29, 1.82) is 0 Å². The van der Waals surface area contributed by atoms with Crippen LogP contribution in [0, 0.1) is 5.92 Å². The fraction of sp³-hybridized carbons (Fsp3) is 0.500. The van der Waals surface area contributed by atoms with E-state index in [1.54, 1.807) is 0 Å². The van der Waals surface area contributed by atoms with Crippen LogP contribution in [0.3, 0.4) is 0 Å². The zero-order valence-corrected chi connectivity index (χ0v) is 12.7. The molecule has 0 aromatic heterocycles. The predicted octanol–water partition coefficient (Wildman–Crippen LogP) is 1.78. The van der Waals surface area contributed by atoms with Gasteiger partial charge in [-0.15, -0.1) is 0 Å². The summed E-state index contributed by atoms with van der Waals surface area (Å²) < 4.78 is 32.0. The van der Waals surface area contributed by atoms with Crippen molar-refractivity contribution in [2.45, 2.75) is 25.3 Å². The van der Waals surface area contributed by atoms with Crippen molar-refractivity contribution in [2.24, 2.45) is 5.92 Å². The van der Waals surface area contributed by atoms with Gasteiger partial charge in [-0.2, -0.15) is 0 Å². The van der Waals surface area contributed by atoms with Crippen LogP contribution in [-0.4, -0.2) is 27.2 Å². The number of sulfonamides is 1. The minimum Gasteiger partial charge on any atom is -0.495 e. The van der Waals surface area contributed by atoms with E-state index in [4.69, 9.17) is 16.3 Å². The van der Waals surface area contributed by atoms with Crippen LogP contribution in [-0.2, 0) is 16.6 Å². The number of aliphatic hydroxyl groups is 1. The lowest BCUT2D eigenvalue weighted by Crippen LogP contribution is -2.28. The molecule has 7 heteroatoms. The molecule has 0 radical (unpaired) electrons. The van der Waals surface area contributed by atoms with Gasteiger partial charge in [0.25, 0.3) is 0 Å². The molecule has 108 valence electrons. The number of halogens is 1. The van der Waals surface area contributed by atoms with E-state index in [1.807, 2.05) is 13.8 Å². The largest absolute Gasteiger partial charge is 0.495 e. The van der Waals surface area contributed by atoms with Gasteiger partial charge in [0.05, 0.1) is 13.7 Å². The summed E-state index contributed by atoms with van der Waals surface area (Å²) in [6.07, 6.45) is 0. The molecule has 0 atom stereocenters. The van der Waals surface area contributed by atoms with Gasteiger partial charge in [-0.25, -0.2) is 13.1 Å². The molecular formula is C12H18ClNO4S. The molecule has 0 aliphatic rings. The van der Waals surface area contributed by atoms with Crippen LogP contribution in [0.1, 0.15) is 19.4 Å². The van der Waals surface area contributed by atoms with E-state index in [0.717, 1.165) is 0 Å². The Balaban J connectivity index is 3.28. The molecule has 1 aromatic carbocycles. The third kappa shape index (κ3) is 4.07. The lowest BCUT2D eigenvalue weighted by atomic mass is 10.2. The second-order valence-corrected chi connectivity index (χ2v) is 6.67. The lowest BCUT2D eigenvalue weighted by Gasteiger charge is -2.15. The van der Waals surface area contributed by atoms with E-state index >= 15 is 0 Å². The molecule has 0 heterocycles. The summed E-state index contributed by atoms with van der Waals surface area (Å²) in [5.74, 6) is 0.292. The topological polar surface area (TPSA) is 75.6 Å². The van der Waals surface area contributed by atoms with E-state index in [0.29, 0.717) is 12.1 Å². The van der Waals surface area contributed by atoms with Gasteiger partial charge in [0.1, 0.15) is 10.6 Å². The Morgan fingerprint density at radius 2 is 2.05 bits per heavy atom. The van der Waals surface area contributed by atoms with Crippen LogP contribution in [0.4, 0.5) is 0 Å². The monoisotopic (exact) mass is 307 g/mol. The quantitative estimate of drug-likeness (QED) is 0.840. The van der Waals surface area contributed by atoms with E-state index in [2.05, 4.69) is 4.72 Å². The third-order valence-electron chi connectivity index (χ3n) is 2.44. The summed E-state index contributed by atoms with van der Waals surface area (Å²) in [6, 6.07) is 2.78. The number of methoxy groups -OCH3 is 1. The van der Waals surface area contributed by atoms with Gasteiger partial charge in [-0.1, -0.05) is 25.4 Å². The first kappa shape index (κ1) is 16.2. The number of ether oxygens (including phenoxy) is 1. The summed E-state index contributed by atoms with van der Waals surface area (Å²) in [4.78, 5) is -0.0628. The van der Waals surface area contributed by atoms with Crippen molar-refractivity contribution in [1.82, 2.24) is 4.72 Å². The Kier molecular flexibility index (Phi) is 5.61. The van der Waals surface area contributed by atoms with Gasteiger partial charge in [0.2, 0.25) is 10.0 Å². The van der Waals surface area contributed by atoms with Crippen LogP contribution in [0.25, 0.3) is 0 Å². The SMILES string of the molecule is COc1c(CO)cc(Cl)cc1S(=O)(=O)NCC(C)C. The van der Waals surface area contributed by atoms with Crippen molar-refractivity contribution in [3.8, 4) is 5.75 Å². The Bertz CT molecular complexity index is 543. The molecule has 1 rings (SSSR count). The van der Waals surface area contributed by atoms with Crippen molar-refractivity contribution in [3.05, 3.63) is 22.7 Å².